The first kappa shape index (κ1) is 9.99. The van der Waals surface area contributed by atoms with Gasteiger partial charge in [0.05, 0.1) is 0 Å². The molecule has 1 aliphatic heterocycles. The molecular weight excluding hydrogens is 174 g/mol. The third-order valence-corrected chi connectivity index (χ3v) is 3.95. The van der Waals surface area contributed by atoms with Gasteiger partial charge in [-0.1, -0.05) is 0 Å². The van der Waals surface area contributed by atoms with Crippen molar-refractivity contribution < 1.29 is 8.42 Å². The van der Waals surface area contributed by atoms with Gasteiger partial charge in [0, 0.05) is 18.6 Å². The fraction of sp³-hybridized carbons (Fsp3) is 1.00. The Morgan fingerprint density at radius 1 is 1.25 bits per heavy atom. The molecule has 0 saturated carbocycles. The Hall–Kier alpha value is -0.0900. The Morgan fingerprint density at radius 3 is 2.00 bits per heavy atom. The van der Waals surface area contributed by atoms with Crippen molar-refractivity contribution in [2.75, 3.05) is 24.6 Å². The second-order valence-corrected chi connectivity index (χ2v) is 6.70. The maximum absolute atomic E-state index is 11.2. The van der Waals surface area contributed by atoms with Crippen LogP contribution in [0.15, 0.2) is 0 Å². The van der Waals surface area contributed by atoms with E-state index in [4.69, 9.17) is 0 Å². The Morgan fingerprint density at radius 2 is 1.67 bits per heavy atom. The van der Waals surface area contributed by atoms with Gasteiger partial charge in [-0.3, -0.25) is 4.90 Å². The van der Waals surface area contributed by atoms with Crippen LogP contribution >= 0.6 is 0 Å². The predicted octanol–water partition coefficient (Wildman–Crippen LogP) is 0.672. The van der Waals surface area contributed by atoms with Gasteiger partial charge in [0.2, 0.25) is 0 Å². The zero-order valence-electron chi connectivity index (χ0n) is 8.04. The molecular formula is C8H18NO2S+. The summed E-state index contributed by atoms with van der Waals surface area (Å²) in [7, 11) is -2.47. The maximum Gasteiger partial charge on any atom is 0.275 e. The van der Waals surface area contributed by atoms with Crippen LogP contribution in [-0.2, 0) is 9.84 Å². The average Bonchev–Trinajstić information content (AvgIpc) is 1.83. The van der Waals surface area contributed by atoms with Crippen molar-refractivity contribution in [3.8, 4) is 0 Å². The summed E-state index contributed by atoms with van der Waals surface area (Å²) >= 11 is 0. The first-order valence-corrected chi connectivity index (χ1v) is 6.14. The van der Waals surface area contributed by atoms with Crippen LogP contribution in [0, 0.1) is 0 Å². The maximum atomic E-state index is 11.2. The summed E-state index contributed by atoms with van der Waals surface area (Å²) < 4.78 is 20.5. The van der Waals surface area contributed by atoms with Gasteiger partial charge in [-0.05, 0) is 20.8 Å². The Balaban J connectivity index is 2.58. The van der Waals surface area contributed by atoms with E-state index < -0.39 is 9.84 Å². The van der Waals surface area contributed by atoms with E-state index in [9.17, 15) is 8.42 Å². The molecule has 3 nitrogen and oxygen atoms in total. The van der Waals surface area contributed by atoms with E-state index in [0.717, 1.165) is 13.1 Å². The zero-order chi connectivity index (χ0) is 9.41. The molecule has 1 aliphatic rings. The Bertz CT molecular complexity index is 237. The molecule has 0 radical (unpaired) electrons. The van der Waals surface area contributed by atoms with Gasteiger partial charge in [0.25, 0.3) is 9.84 Å². The zero-order valence-corrected chi connectivity index (χ0v) is 8.86. The Labute approximate surface area is 74.7 Å². The summed E-state index contributed by atoms with van der Waals surface area (Å²) in [6.45, 7) is 7.91. The van der Waals surface area contributed by atoms with Crippen molar-refractivity contribution in [2.24, 2.45) is 0 Å². The summed E-state index contributed by atoms with van der Waals surface area (Å²) in [5.41, 5.74) is 0.135. The minimum Gasteiger partial charge on any atom is -0.296 e. The van der Waals surface area contributed by atoms with Crippen molar-refractivity contribution in [3.05, 3.63) is 0 Å². The molecule has 0 spiro atoms. The summed E-state index contributed by atoms with van der Waals surface area (Å²) in [6.07, 6.45) is 0. The second-order valence-electron chi connectivity index (χ2n) is 4.34. The molecule has 1 heterocycles. The SMILES string of the molecule is CC(C)(C)N1CCS(=O)(=[OH+])CC1. The molecule has 0 aromatic heterocycles. The van der Waals surface area contributed by atoms with Crippen molar-refractivity contribution in [1.82, 2.24) is 4.90 Å². The quantitative estimate of drug-likeness (QED) is 0.529. The molecule has 0 atom stereocenters. The minimum atomic E-state index is -2.47. The standard InChI is InChI=1S/C8H17NO2S/c1-8(2,3)9-4-6-12(10,11)7-5-9/h4-7H2,1-3H3/p+1. The van der Waals surface area contributed by atoms with Gasteiger partial charge < -0.3 is 0 Å². The molecule has 1 rings (SSSR count). The van der Waals surface area contributed by atoms with E-state index in [1.807, 2.05) is 0 Å². The topological polar surface area (TPSA) is 41.7 Å². The molecule has 0 unspecified atom stereocenters. The number of rotatable bonds is 0. The van der Waals surface area contributed by atoms with Crippen molar-refractivity contribution in [2.45, 2.75) is 26.3 Å². The highest BCUT2D eigenvalue weighted by molar-refractivity contribution is 7.91. The van der Waals surface area contributed by atoms with Crippen LogP contribution in [0.5, 0.6) is 0 Å². The summed E-state index contributed by atoms with van der Waals surface area (Å²) in [6, 6.07) is 0. The van der Waals surface area contributed by atoms with Gasteiger partial charge in [-0.25, -0.2) is 4.21 Å². The molecule has 0 bridgehead atoms. The van der Waals surface area contributed by atoms with Gasteiger partial charge >= 0.3 is 0 Å². The molecule has 12 heavy (non-hydrogen) atoms. The molecule has 0 aliphatic carbocycles. The average molecular weight is 192 g/mol. The van der Waals surface area contributed by atoms with Gasteiger partial charge in [-0.2, -0.15) is 4.21 Å². The molecule has 72 valence electrons. The minimum absolute atomic E-state index is 0.135. The van der Waals surface area contributed by atoms with Gasteiger partial charge in [0.15, 0.2) is 0 Å². The highest BCUT2D eigenvalue weighted by Crippen LogP contribution is 2.16. The Kier molecular flexibility index (Phi) is 2.50. The lowest BCUT2D eigenvalue weighted by atomic mass is 10.1. The van der Waals surface area contributed by atoms with Gasteiger partial charge in [0.1, 0.15) is 11.5 Å². The number of nitrogens with zero attached hydrogens (tertiary/aromatic N) is 1. The van der Waals surface area contributed by atoms with Crippen LogP contribution in [0.3, 0.4) is 0 Å². The summed E-state index contributed by atoms with van der Waals surface area (Å²) in [5.74, 6) is 0.870. The van der Waals surface area contributed by atoms with E-state index in [0.29, 0.717) is 11.5 Å². The van der Waals surface area contributed by atoms with Crippen molar-refractivity contribution in [1.29, 1.82) is 0 Å². The second kappa shape index (κ2) is 3.00. The van der Waals surface area contributed by atoms with Crippen LogP contribution in [0.25, 0.3) is 0 Å². The largest absolute Gasteiger partial charge is 0.296 e. The van der Waals surface area contributed by atoms with E-state index in [2.05, 4.69) is 25.7 Å². The lowest BCUT2D eigenvalue weighted by molar-refractivity contribution is 0.150. The third kappa shape index (κ3) is 2.45. The summed E-state index contributed by atoms with van der Waals surface area (Å²) in [5, 5.41) is 0. The lowest BCUT2D eigenvalue weighted by Crippen LogP contribution is -2.49. The first-order chi connectivity index (χ1) is 5.31. The van der Waals surface area contributed by atoms with Crippen molar-refractivity contribution >= 4 is 9.84 Å². The van der Waals surface area contributed by atoms with E-state index in [-0.39, 0.29) is 5.54 Å². The lowest BCUT2D eigenvalue weighted by Gasteiger charge is -2.36. The van der Waals surface area contributed by atoms with Crippen LogP contribution in [0.4, 0.5) is 0 Å². The first-order valence-electron chi connectivity index (χ1n) is 4.28. The van der Waals surface area contributed by atoms with Crippen LogP contribution < -0.4 is 0 Å². The molecule has 1 N–H and O–H groups in total. The smallest absolute Gasteiger partial charge is 0.275 e. The van der Waals surface area contributed by atoms with E-state index in [1.54, 1.807) is 0 Å². The van der Waals surface area contributed by atoms with Crippen molar-refractivity contribution in [3.63, 3.8) is 0 Å². The fourth-order valence-electron chi connectivity index (χ4n) is 1.39. The number of hydrogen-bond donors (Lipinski definition) is 0. The highest BCUT2D eigenvalue weighted by Gasteiger charge is 2.31. The van der Waals surface area contributed by atoms with Crippen LogP contribution in [0.1, 0.15) is 20.8 Å². The molecule has 4 heteroatoms. The third-order valence-electron chi connectivity index (χ3n) is 2.31. The normalized spacial score (nSPS) is 25.6. The van der Waals surface area contributed by atoms with Crippen LogP contribution in [0.2, 0.25) is 0 Å². The summed E-state index contributed by atoms with van der Waals surface area (Å²) in [4.78, 5) is 2.26. The van der Waals surface area contributed by atoms with Crippen LogP contribution in [-0.4, -0.2) is 43.5 Å². The monoisotopic (exact) mass is 192 g/mol. The van der Waals surface area contributed by atoms with Gasteiger partial charge in [-0.15, -0.1) is 0 Å². The number of hydrogen-bond acceptors (Lipinski definition) is 2. The van der Waals surface area contributed by atoms with E-state index in [1.165, 1.54) is 0 Å². The van der Waals surface area contributed by atoms with E-state index >= 15 is 0 Å². The molecule has 0 aromatic rings. The molecule has 1 saturated heterocycles. The molecule has 0 aromatic carbocycles. The molecule has 0 amide bonds. The predicted molar refractivity (Wildman–Crippen MR) is 51.1 cm³/mol. The highest BCUT2D eigenvalue weighted by atomic mass is 32.2. The molecule has 1 fully saturated rings. The fourth-order valence-corrected chi connectivity index (χ4v) is 2.61.